The third-order valence-corrected chi connectivity index (χ3v) is 4.20. The highest BCUT2D eigenvalue weighted by Gasteiger charge is 2.32. The summed E-state index contributed by atoms with van der Waals surface area (Å²) in [5, 5.41) is 0. The summed E-state index contributed by atoms with van der Waals surface area (Å²) in [6.07, 6.45) is -2.92. The smallest absolute Gasteiger partial charge is 0.399 e. The first-order chi connectivity index (χ1) is 12.4. The highest BCUT2D eigenvalue weighted by molar-refractivity contribution is 5.94. The van der Waals surface area contributed by atoms with Gasteiger partial charge < -0.3 is 5.73 Å². The van der Waals surface area contributed by atoms with Crippen LogP contribution in [0.4, 0.5) is 18.9 Å². The number of imidazole rings is 1. The molecule has 0 saturated carbocycles. The summed E-state index contributed by atoms with van der Waals surface area (Å²) < 4.78 is 41.9. The standard InChI is InChI=1S/C20H14F3N3/c21-20(22,23)14-10-17(13-5-4-6-15(24)9-13)19-18(11-14)25-12-26(19)16-7-2-1-3-8-16/h1-12H,24H2. The minimum Gasteiger partial charge on any atom is -0.399 e. The molecule has 0 radical (unpaired) electrons. The number of hydrogen-bond donors (Lipinski definition) is 1. The van der Waals surface area contributed by atoms with Gasteiger partial charge in [0.15, 0.2) is 0 Å². The van der Waals surface area contributed by atoms with Crippen molar-refractivity contribution in [2.75, 3.05) is 5.73 Å². The van der Waals surface area contributed by atoms with Crippen molar-refractivity contribution in [2.24, 2.45) is 0 Å². The molecule has 0 spiro atoms. The molecule has 0 aliphatic carbocycles. The van der Waals surface area contributed by atoms with E-state index >= 15 is 0 Å². The summed E-state index contributed by atoms with van der Waals surface area (Å²) in [6, 6.07) is 18.4. The van der Waals surface area contributed by atoms with Gasteiger partial charge in [0.1, 0.15) is 6.33 Å². The largest absolute Gasteiger partial charge is 0.416 e. The molecule has 2 N–H and O–H groups in total. The first kappa shape index (κ1) is 16.2. The molecule has 0 unspecified atom stereocenters. The van der Waals surface area contributed by atoms with Gasteiger partial charge in [-0.2, -0.15) is 13.2 Å². The molecule has 4 aromatic rings. The molecule has 26 heavy (non-hydrogen) atoms. The van der Waals surface area contributed by atoms with Gasteiger partial charge in [0, 0.05) is 16.9 Å². The average Bonchev–Trinajstić information content (AvgIpc) is 3.05. The summed E-state index contributed by atoms with van der Waals surface area (Å²) in [5.74, 6) is 0. The molecule has 6 heteroatoms. The first-order valence-electron chi connectivity index (χ1n) is 7.93. The molecule has 1 aromatic heterocycles. The van der Waals surface area contributed by atoms with Crippen molar-refractivity contribution in [1.82, 2.24) is 9.55 Å². The summed E-state index contributed by atoms with van der Waals surface area (Å²) in [5.41, 5.74) is 8.34. The molecule has 0 atom stereocenters. The first-order valence-corrected chi connectivity index (χ1v) is 7.93. The zero-order valence-corrected chi connectivity index (χ0v) is 13.5. The summed E-state index contributed by atoms with van der Waals surface area (Å²) in [6.45, 7) is 0. The van der Waals surface area contributed by atoms with Crippen LogP contribution in [-0.4, -0.2) is 9.55 Å². The van der Waals surface area contributed by atoms with Crippen molar-refractivity contribution < 1.29 is 13.2 Å². The monoisotopic (exact) mass is 353 g/mol. The van der Waals surface area contributed by atoms with E-state index in [2.05, 4.69) is 4.98 Å². The second kappa shape index (κ2) is 5.91. The van der Waals surface area contributed by atoms with E-state index in [9.17, 15) is 13.2 Å². The van der Waals surface area contributed by atoms with Crippen LogP contribution in [0.2, 0.25) is 0 Å². The predicted molar refractivity (Wildman–Crippen MR) is 95.9 cm³/mol. The molecular formula is C20H14F3N3. The zero-order valence-electron chi connectivity index (χ0n) is 13.5. The Morgan fingerprint density at radius 3 is 2.35 bits per heavy atom. The van der Waals surface area contributed by atoms with E-state index in [0.29, 0.717) is 22.3 Å². The fourth-order valence-corrected chi connectivity index (χ4v) is 3.02. The van der Waals surface area contributed by atoms with Gasteiger partial charge in [-0.3, -0.25) is 4.57 Å². The van der Waals surface area contributed by atoms with E-state index in [-0.39, 0.29) is 5.52 Å². The van der Waals surface area contributed by atoms with Crippen LogP contribution in [0.5, 0.6) is 0 Å². The lowest BCUT2D eigenvalue weighted by molar-refractivity contribution is -0.137. The number of para-hydroxylation sites is 1. The number of halogens is 3. The SMILES string of the molecule is Nc1cccc(-c2cc(C(F)(F)F)cc3ncn(-c4ccccc4)c23)c1. The molecule has 3 nitrogen and oxygen atoms in total. The lowest BCUT2D eigenvalue weighted by atomic mass is 10.00. The number of nitrogen functional groups attached to an aromatic ring is 1. The quantitative estimate of drug-likeness (QED) is 0.497. The van der Waals surface area contributed by atoms with Gasteiger partial charge >= 0.3 is 6.18 Å². The maximum Gasteiger partial charge on any atom is 0.416 e. The number of aromatic nitrogens is 2. The van der Waals surface area contributed by atoms with Crippen molar-refractivity contribution in [3.63, 3.8) is 0 Å². The van der Waals surface area contributed by atoms with E-state index < -0.39 is 11.7 Å². The zero-order chi connectivity index (χ0) is 18.3. The van der Waals surface area contributed by atoms with Gasteiger partial charge in [0.05, 0.1) is 16.6 Å². The Morgan fingerprint density at radius 2 is 1.65 bits per heavy atom. The van der Waals surface area contributed by atoms with Crippen LogP contribution < -0.4 is 5.73 Å². The number of benzene rings is 3. The minimum absolute atomic E-state index is 0.279. The third kappa shape index (κ3) is 2.79. The Labute approximate surface area is 147 Å². The fraction of sp³-hybridized carbons (Fsp3) is 0.0500. The fourth-order valence-electron chi connectivity index (χ4n) is 3.02. The highest BCUT2D eigenvalue weighted by Crippen LogP contribution is 2.38. The highest BCUT2D eigenvalue weighted by atomic mass is 19.4. The van der Waals surface area contributed by atoms with Gasteiger partial charge in [-0.1, -0.05) is 30.3 Å². The Kier molecular flexibility index (Phi) is 3.68. The van der Waals surface area contributed by atoms with Gasteiger partial charge in [0.2, 0.25) is 0 Å². The molecule has 0 saturated heterocycles. The minimum atomic E-state index is -4.46. The van der Waals surface area contributed by atoms with E-state index in [0.717, 1.165) is 17.8 Å². The second-order valence-electron chi connectivity index (χ2n) is 5.96. The Hall–Kier alpha value is -3.28. The van der Waals surface area contributed by atoms with Crippen molar-refractivity contribution in [2.45, 2.75) is 6.18 Å². The lowest BCUT2D eigenvalue weighted by Gasteiger charge is -2.13. The second-order valence-corrected chi connectivity index (χ2v) is 5.96. The van der Waals surface area contributed by atoms with Crippen LogP contribution in [0.15, 0.2) is 73.1 Å². The van der Waals surface area contributed by atoms with Crippen LogP contribution >= 0.6 is 0 Å². The van der Waals surface area contributed by atoms with Gasteiger partial charge in [-0.25, -0.2) is 4.98 Å². The summed E-state index contributed by atoms with van der Waals surface area (Å²) in [7, 11) is 0. The van der Waals surface area contributed by atoms with Crippen LogP contribution in [0.25, 0.3) is 27.8 Å². The van der Waals surface area contributed by atoms with Crippen LogP contribution in [0.1, 0.15) is 5.56 Å². The van der Waals surface area contributed by atoms with Gasteiger partial charge in [-0.05, 0) is 42.0 Å². The van der Waals surface area contributed by atoms with E-state index in [1.807, 2.05) is 30.3 Å². The topological polar surface area (TPSA) is 43.8 Å². The Bertz CT molecular complexity index is 1080. The van der Waals surface area contributed by atoms with Crippen LogP contribution in [-0.2, 0) is 6.18 Å². The maximum absolute atomic E-state index is 13.4. The molecule has 0 aliphatic heterocycles. The van der Waals surface area contributed by atoms with E-state index in [1.165, 1.54) is 6.33 Å². The van der Waals surface area contributed by atoms with Crippen molar-refractivity contribution in [3.8, 4) is 16.8 Å². The molecule has 0 bridgehead atoms. The number of rotatable bonds is 2. The van der Waals surface area contributed by atoms with Gasteiger partial charge in [-0.15, -0.1) is 0 Å². The van der Waals surface area contributed by atoms with Crippen LogP contribution in [0, 0.1) is 0 Å². The average molecular weight is 353 g/mol. The van der Waals surface area contributed by atoms with E-state index in [4.69, 9.17) is 5.73 Å². The molecule has 3 aromatic carbocycles. The number of hydrogen-bond acceptors (Lipinski definition) is 2. The Balaban J connectivity index is 2.07. The van der Waals surface area contributed by atoms with Crippen molar-refractivity contribution in [1.29, 1.82) is 0 Å². The third-order valence-electron chi connectivity index (χ3n) is 4.20. The predicted octanol–water partition coefficient (Wildman–Crippen LogP) is 5.29. The molecular weight excluding hydrogens is 339 g/mol. The number of nitrogens with two attached hydrogens (primary N) is 1. The number of fused-ring (bicyclic) bond motifs is 1. The number of alkyl halides is 3. The maximum atomic E-state index is 13.4. The molecule has 0 aliphatic rings. The molecule has 130 valence electrons. The molecule has 0 fully saturated rings. The number of nitrogens with zero attached hydrogens (tertiary/aromatic N) is 2. The van der Waals surface area contributed by atoms with Gasteiger partial charge in [0.25, 0.3) is 0 Å². The number of anilines is 1. The van der Waals surface area contributed by atoms with Crippen molar-refractivity contribution in [3.05, 3.63) is 78.6 Å². The molecule has 4 rings (SSSR count). The normalized spacial score (nSPS) is 11.8. The lowest BCUT2D eigenvalue weighted by Crippen LogP contribution is -2.05. The molecule has 0 amide bonds. The summed E-state index contributed by atoms with van der Waals surface area (Å²) >= 11 is 0. The Morgan fingerprint density at radius 1 is 0.885 bits per heavy atom. The van der Waals surface area contributed by atoms with Crippen molar-refractivity contribution >= 4 is 16.7 Å². The van der Waals surface area contributed by atoms with E-state index in [1.54, 1.807) is 28.8 Å². The summed E-state index contributed by atoms with van der Waals surface area (Å²) in [4.78, 5) is 4.21. The van der Waals surface area contributed by atoms with Crippen LogP contribution in [0.3, 0.4) is 0 Å². The molecule has 1 heterocycles.